The number of halogens is 1. The Balaban J connectivity index is 1.67. The number of rotatable bonds is 3. The van der Waals surface area contributed by atoms with E-state index in [1.165, 1.54) is 31.2 Å². The van der Waals surface area contributed by atoms with Gasteiger partial charge in [0.05, 0.1) is 0 Å². The molecule has 0 aliphatic heterocycles. The highest BCUT2D eigenvalue weighted by molar-refractivity contribution is 9.10. The third kappa shape index (κ3) is 2.29. The molecule has 2 aliphatic carbocycles. The first-order chi connectivity index (χ1) is 8.63. The molecule has 0 spiro atoms. The Morgan fingerprint density at radius 3 is 2.83 bits per heavy atom. The van der Waals surface area contributed by atoms with Gasteiger partial charge in [0.15, 0.2) is 0 Å². The average molecular weight is 309 g/mol. The van der Waals surface area contributed by atoms with Crippen molar-refractivity contribution in [2.45, 2.75) is 45.6 Å². The first-order valence-electron chi connectivity index (χ1n) is 7.02. The standard InChI is InChI=1S/C15H21BrN2/c1-9-5-15(17-8-14(9)16)18-10(2)13-7-11-3-4-12(13)6-11/h5,8,10-13H,3-4,6-7H2,1-2H3,(H,17,18). The molecular weight excluding hydrogens is 288 g/mol. The monoisotopic (exact) mass is 308 g/mol. The molecule has 1 heterocycles. The molecule has 4 atom stereocenters. The van der Waals surface area contributed by atoms with Gasteiger partial charge in [0.25, 0.3) is 0 Å². The number of hydrogen-bond donors (Lipinski definition) is 1. The molecule has 18 heavy (non-hydrogen) atoms. The van der Waals surface area contributed by atoms with E-state index in [0.717, 1.165) is 28.0 Å². The molecule has 3 heteroatoms. The lowest BCUT2D eigenvalue weighted by molar-refractivity contribution is 0.304. The van der Waals surface area contributed by atoms with Gasteiger partial charge in [0.1, 0.15) is 5.82 Å². The van der Waals surface area contributed by atoms with E-state index in [4.69, 9.17) is 0 Å². The van der Waals surface area contributed by atoms with Crippen LogP contribution in [0, 0.1) is 24.7 Å². The maximum absolute atomic E-state index is 4.45. The summed E-state index contributed by atoms with van der Waals surface area (Å²) in [6.07, 6.45) is 7.72. The fourth-order valence-corrected chi connectivity index (χ4v) is 4.08. The van der Waals surface area contributed by atoms with Gasteiger partial charge in [-0.2, -0.15) is 0 Å². The van der Waals surface area contributed by atoms with Crippen LogP contribution >= 0.6 is 15.9 Å². The summed E-state index contributed by atoms with van der Waals surface area (Å²) in [7, 11) is 0. The summed E-state index contributed by atoms with van der Waals surface area (Å²) in [5.41, 5.74) is 1.24. The lowest BCUT2D eigenvalue weighted by Crippen LogP contribution is -2.30. The lowest BCUT2D eigenvalue weighted by atomic mass is 9.84. The van der Waals surface area contributed by atoms with Crippen LogP contribution in [-0.2, 0) is 0 Å². The van der Waals surface area contributed by atoms with Crippen molar-refractivity contribution >= 4 is 21.7 Å². The maximum Gasteiger partial charge on any atom is 0.126 e. The first kappa shape index (κ1) is 12.5. The Hall–Kier alpha value is -0.570. The van der Waals surface area contributed by atoms with E-state index in [-0.39, 0.29) is 0 Å². The van der Waals surface area contributed by atoms with Gasteiger partial charge in [-0.25, -0.2) is 4.98 Å². The Bertz CT molecular complexity index is 446. The molecular formula is C15H21BrN2. The number of pyridine rings is 1. The van der Waals surface area contributed by atoms with Gasteiger partial charge in [-0.1, -0.05) is 6.42 Å². The minimum Gasteiger partial charge on any atom is -0.367 e. The van der Waals surface area contributed by atoms with Gasteiger partial charge in [-0.05, 0) is 78.4 Å². The molecule has 2 saturated carbocycles. The van der Waals surface area contributed by atoms with Crippen molar-refractivity contribution in [2.75, 3.05) is 5.32 Å². The summed E-state index contributed by atoms with van der Waals surface area (Å²) in [5, 5.41) is 3.60. The minimum atomic E-state index is 0.549. The molecule has 1 aromatic heterocycles. The molecule has 98 valence electrons. The van der Waals surface area contributed by atoms with E-state index in [9.17, 15) is 0 Å². The van der Waals surface area contributed by atoms with Gasteiger partial charge in [-0.3, -0.25) is 0 Å². The van der Waals surface area contributed by atoms with E-state index in [0.29, 0.717) is 6.04 Å². The van der Waals surface area contributed by atoms with Crippen LogP contribution in [0.3, 0.4) is 0 Å². The van der Waals surface area contributed by atoms with E-state index >= 15 is 0 Å². The van der Waals surface area contributed by atoms with Crippen LogP contribution in [0.25, 0.3) is 0 Å². The Morgan fingerprint density at radius 1 is 1.39 bits per heavy atom. The number of nitrogens with zero attached hydrogens (tertiary/aromatic N) is 1. The fourth-order valence-electron chi connectivity index (χ4n) is 3.86. The van der Waals surface area contributed by atoms with Gasteiger partial charge in [0.2, 0.25) is 0 Å². The van der Waals surface area contributed by atoms with Crippen LogP contribution in [0.2, 0.25) is 0 Å². The maximum atomic E-state index is 4.45. The molecule has 0 radical (unpaired) electrons. The zero-order valence-corrected chi connectivity index (χ0v) is 12.7. The highest BCUT2D eigenvalue weighted by Crippen LogP contribution is 2.49. The summed E-state index contributed by atoms with van der Waals surface area (Å²) in [5.74, 6) is 3.86. The van der Waals surface area contributed by atoms with Crippen molar-refractivity contribution in [2.24, 2.45) is 17.8 Å². The Morgan fingerprint density at radius 2 is 2.22 bits per heavy atom. The topological polar surface area (TPSA) is 24.9 Å². The number of fused-ring (bicyclic) bond motifs is 2. The van der Waals surface area contributed by atoms with Crippen LogP contribution in [0.4, 0.5) is 5.82 Å². The smallest absolute Gasteiger partial charge is 0.126 e. The van der Waals surface area contributed by atoms with Gasteiger partial charge in [-0.15, -0.1) is 0 Å². The summed E-state index contributed by atoms with van der Waals surface area (Å²) in [6, 6.07) is 2.68. The number of anilines is 1. The van der Waals surface area contributed by atoms with Gasteiger partial charge >= 0.3 is 0 Å². The van der Waals surface area contributed by atoms with Crippen molar-refractivity contribution in [1.82, 2.24) is 4.98 Å². The predicted octanol–water partition coefficient (Wildman–Crippen LogP) is 4.39. The molecule has 1 aromatic rings. The molecule has 2 fully saturated rings. The second kappa shape index (κ2) is 4.84. The lowest BCUT2D eigenvalue weighted by Gasteiger charge is -2.29. The van der Waals surface area contributed by atoms with E-state index in [1.54, 1.807) is 0 Å². The summed E-state index contributed by atoms with van der Waals surface area (Å²) in [4.78, 5) is 4.45. The van der Waals surface area contributed by atoms with Crippen LogP contribution in [0.15, 0.2) is 16.7 Å². The third-order valence-electron chi connectivity index (χ3n) is 4.86. The fraction of sp³-hybridized carbons (Fsp3) is 0.667. The van der Waals surface area contributed by atoms with Crippen LogP contribution in [-0.4, -0.2) is 11.0 Å². The summed E-state index contributed by atoms with van der Waals surface area (Å²) < 4.78 is 1.08. The number of aromatic nitrogens is 1. The first-order valence-corrected chi connectivity index (χ1v) is 7.81. The van der Waals surface area contributed by atoms with Crippen molar-refractivity contribution in [1.29, 1.82) is 0 Å². The second-order valence-electron chi connectivity index (χ2n) is 6.09. The van der Waals surface area contributed by atoms with Crippen LogP contribution in [0.1, 0.15) is 38.2 Å². The number of aryl methyl sites for hydroxylation is 1. The quantitative estimate of drug-likeness (QED) is 0.896. The molecule has 3 rings (SSSR count). The predicted molar refractivity (Wildman–Crippen MR) is 78.7 cm³/mol. The van der Waals surface area contributed by atoms with Crippen molar-refractivity contribution < 1.29 is 0 Å². The van der Waals surface area contributed by atoms with Crippen molar-refractivity contribution in [3.63, 3.8) is 0 Å². The number of hydrogen-bond acceptors (Lipinski definition) is 2. The second-order valence-corrected chi connectivity index (χ2v) is 6.94. The zero-order chi connectivity index (χ0) is 12.7. The molecule has 2 nitrogen and oxygen atoms in total. The third-order valence-corrected chi connectivity index (χ3v) is 5.69. The molecule has 1 N–H and O–H groups in total. The van der Waals surface area contributed by atoms with E-state index in [1.807, 2.05) is 6.20 Å². The molecule has 2 bridgehead atoms. The molecule has 4 unspecified atom stereocenters. The Labute approximate surface area is 118 Å². The zero-order valence-electron chi connectivity index (χ0n) is 11.1. The van der Waals surface area contributed by atoms with Crippen LogP contribution in [0.5, 0.6) is 0 Å². The summed E-state index contributed by atoms with van der Waals surface area (Å²) >= 11 is 3.50. The van der Waals surface area contributed by atoms with Crippen molar-refractivity contribution in [3.8, 4) is 0 Å². The summed E-state index contributed by atoms with van der Waals surface area (Å²) in [6.45, 7) is 4.43. The molecule has 0 aromatic carbocycles. The van der Waals surface area contributed by atoms with E-state index < -0.39 is 0 Å². The molecule has 0 saturated heterocycles. The minimum absolute atomic E-state index is 0.549. The Kier molecular flexibility index (Phi) is 3.35. The highest BCUT2D eigenvalue weighted by Gasteiger charge is 2.41. The number of nitrogens with one attached hydrogen (secondary N) is 1. The SMILES string of the molecule is Cc1cc(NC(C)C2CC3CCC2C3)ncc1Br. The normalized spacial score (nSPS) is 31.6. The van der Waals surface area contributed by atoms with E-state index in [2.05, 4.69) is 46.1 Å². The highest BCUT2D eigenvalue weighted by atomic mass is 79.9. The largest absolute Gasteiger partial charge is 0.367 e. The van der Waals surface area contributed by atoms with Crippen LogP contribution < -0.4 is 5.32 Å². The van der Waals surface area contributed by atoms with Gasteiger partial charge < -0.3 is 5.32 Å². The molecule has 2 aliphatic rings. The molecule has 0 amide bonds. The average Bonchev–Trinajstić information content (AvgIpc) is 2.96. The van der Waals surface area contributed by atoms with Gasteiger partial charge in [0, 0.05) is 16.7 Å². The van der Waals surface area contributed by atoms with Crippen molar-refractivity contribution in [3.05, 3.63) is 22.3 Å².